The Kier molecular flexibility index (Phi) is 5.27. The molecular weight excluding hydrogens is 444 g/mol. The van der Waals surface area contributed by atoms with Gasteiger partial charge in [0.2, 0.25) is 0 Å². The van der Waals surface area contributed by atoms with Crippen LogP contribution in [0.5, 0.6) is 0 Å². The molecule has 3 atom stereocenters. The molecule has 0 saturated carbocycles. The molecule has 0 fully saturated rings. The van der Waals surface area contributed by atoms with E-state index in [1.54, 1.807) is 0 Å². The highest BCUT2D eigenvalue weighted by molar-refractivity contribution is 6.24. The van der Waals surface area contributed by atoms with E-state index in [0.717, 1.165) is 51.8 Å². The minimum Gasteiger partial charge on any atom is -0.294 e. The molecule has 0 heterocycles. The van der Waals surface area contributed by atoms with Crippen molar-refractivity contribution in [1.29, 1.82) is 0 Å². The van der Waals surface area contributed by atoms with E-state index in [1.165, 1.54) is 18.1 Å². The van der Waals surface area contributed by atoms with E-state index in [1.807, 2.05) is 33.8 Å². The molecule has 2 aromatic carbocycles. The Bertz CT molecular complexity index is 1450. The summed E-state index contributed by atoms with van der Waals surface area (Å²) in [7, 11) is 0. The number of carbonyl (C=O) groups excluding carboxylic acids is 3. The summed E-state index contributed by atoms with van der Waals surface area (Å²) in [5.74, 6) is -0.237. The lowest BCUT2D eigenvalue weighted by molar-refractivity contribution is -0.134. The van der Waals surface area contributed by atoms with Crippen LogP contribution >= 0.6 is 0 Å². The lowest BCUT2D eigenvalue weighted by Crippen LogP contribution is -2.57. The van der Waals surface area contributed by atoms with Gasteiger partial charge in [-0.05, 0) is 94.0 Å². The predicted octanol–water partition coefficient (Wildman–Crippen LogP) is 7.33. The van der Waals surface area contributed by atoms with Gasteiger partial charge >= 0.3 is 0 Å². The Labute approximate surface area is 214 Å². The fourth-order valence-electron chi connectivity index (χ4n) is 8.05. The van der Waals surface area contributed by atoms with Gasteiger partial charge in [-0.1, -0.05) is 61.4 Å². The van der Waals surface area contributed by atoms with Crippen LogP contribution in [-0.4, -0.2) is 17.3 Å². The molecule has 186 valence electrons. The minimum atomic E-state index is -0.878. The van der Waals surface area contributed by atoms with Crippen molar-refractivity contribution >= 4 is 17.3 Å². The van der Waals surface area contributed by atoms with Gasteiger partial charge in [0.15, 0.2) is 17.3 Å². The van der Waals surface area contributed by atoms with Crippen molar-refractivity contribution in [1.82, 2.24) is 0 Å². The monoisotopic (exact) mass is 480 g/mol. The van der Waals surface area contributed by atoms with E-state index < -0.39 is 5.41 Å². The van der Waals surface area contributed by atoms with Crippen LogP contribution in [0.2, 0.25) is 0 Å². The quantitative estimate of drug-likeness (QED) is 0.423. The second-order valence-corrected chi connectivity index (χ2v) is 12.2. The summed E-state index contributed by atoms with van der Waals surface area (Å²) in [6.45, 7) is 15.9. The first-order valence-electron chi connectivity index (χ1n) is 13.0. The molecule has 3 unspecified atom stereocenters. The van der Waals surface area contributed by atoms with Crippen molar-refractivity contribution < 1.29 is 14.4 Å². The SMILES string of the molecule is CC(=O)C1=C(C)CC2(C)CC3(C)Cc4c(-c5ccccc5C)ccc(C)c4C(=O)C3=C(C)C2(C)C1=O. The number of rotatable bonds is 2. The molecule has 0 aliphatic heterocycles. The third-order valence-corrected chi connectivity index (χ3v) is 9.81. The lowest BCUT2D eigenvalue weighted by Gasteiger charge is -2.59. The fourth-order valence-corrected chi connectivity index (χ4v) is 8.05. The van der Waals surface area contributed by atoms with Crippen LogP contribution in [0.3, 0.4) is 0 Å². The third-order valence-electron chi connectivity index (χ3n) is 9.81. The van der Waals surface area contributed by atoms with Gasteiger partial charge in [0, 0.05) is 16.6 Å². The number of allylic oxidation sites excluding steroid dienone is 4. The maximum Gasteiger partial charge on any atom is 0.190 e. The van der Waals surface area contributed by atoms with E-state index in [2.05, 4.69) is 51.1 Å². The highest BCUT2D eigenvalue weighted by Crippen LogP contribution is 2.66. The standard InChI is InChI=1S/C33H36O3/c1-18-11-9-10-12-23(18)24-14-13-19(2)27-25(24)16-31(6)17-32(7)15-20(3)26(22(5)34)30(36)33(32,8)21(4)28(31)29(27)35/h9-14H,15-17H2,1-8H3. The van der Waals surface area contributed by atoms with Crippen molar-refractivity contribution in [3.05, 3.63) is 80.9 Å². The summed E-state index contributed by atoms with van der Waals surface area (Å²) in [6, 6.07) is 12.6. The zero-order chi connectivity index (χ0) is 26.4. The van der Waals surface area contributed by atoms with Gasteiger partial charge in [-0.2, -0.15) is 0 Å². The zero-order valence-corrected chi connectivity index (χ0v) is 22.8. The smallest absolute Gasteiger partial charge is 0.190 e. The highest BCUT2D eigenvalue weighted by Gasteiger charge is 2.63. The van der Waals surface area contributed by atoms with Crippen molar-refractivity contribution in [2.75, 3.05) is 0 Å². The zero-order valence-electron chi connectivity index (χ0n) is 22.8. The minimum absolute atomic E-state index is 0.0518. The number of Topliss-reactive ketones (excluding diaryl/α,β-unsaturated/α-hetero) is 3. The van der Waals surface area contributed by atoms with Gasteiger partial charge in [0.05, 0.1) is 11.0 Å². The van der Waals surface area contributed by atoms with Gasteiger partial charge in [-0.3, -0.25) is 14.4 Å². The van der Waals surface area contributed by atoms with Crippen LogP contribution in [0.4, 0.5) is 0 Å². The topological polar surface area (TPSA) is 51.2 Å². The summed E-state index contributed by atoms with van der Waals surface area (Å²) < 4.78 is 0. The summed E-state index contributed by atoms with van der Waals surface area (Å²) in [5.41, 5.74) is 7.59. The maximum absolute atomic E-state index is 14.4. The largest absolute Gasteiger partial charge is 0.294 e. The second-order valence-electron chi connectivity index (χ2n) is 12.2. The molecule has 3 nitrogen and oxygen atoms in total. The van der Waals surface area contributed by atoms with Gasteiger partial charge in [0.1, 0.15) is 0 Å². The highest BCUT2D eigenvalue weighted by atomic mass is 16.2. The number of hydrogen-bond acceptors (Lipinski definition) is 3. The van der Waals surface area contributed by atoms with Crippen LogP contribution in [0.15, 0.2) is 58.7 Å². The van der Waals surface area contributed by atoms with Crippen LogP contribution < -0.4 is 0 Å². The van der Waals surface area contributed by atoms with Crippen molar-refractivity contribution in [2.24, 2.45) is 16.2 Å². The molecule has 0 radical (unpaired) electrons. The Morgan fingerprint density at radius 3 is 2.14 bits per heavy atom. The number of carbonyl (C=O) groups is 3. The van der Waals surface area contributed by atoms with Crippen molar-refractivity contribution in [3.8, 4) is 11.1 Å². The molecule has 36 heavy (non-hydrogen) atoms. The number of ketones is 3. The molecule has 0 aromatic heterocycles. The number of aryl methyl sites for hydroxylation is 2. The van der Waals surface area contributed by atoms with Gasteiger partial charge in [-0.15, -0.1) is 0 Å². The molecular formula is C33H36O3. The lowest BCUT2D eigenvalue weighted by atomic mass is 9.42. The molecule has 3 aliphatic rings. The maximum atomic E-state index is 14.4. The first kappa shape index (κ1) is 24.6. The van der Waals surface area contributed by atoms with Crippen LogP contribution in [0.25, 0.3) is 11.1 Å². The number of benzene rings is 2. The van der Waals surface area contributed by atoms with Gasteiger partial charge in [-0.25, -0.2) is 0 Å². The van der Waals surface area contributed by atoms with E-state index in [-0.39, 0.29) is 28.2 Å². The molecule has 3 heteroatoms. The molecule has 3 aliphatic carbocycles. The summed E-state index contributed by atoms with van der Waals surface area (Å²) in [6.07, 6.45) is 2.17. The van der Waals surface area contributed by atoms with E-state index >= 15 is 0 Å². The van der Waals surface area contributed by atoms with E-state index in [9.17, 15) is 14.4 Å². The molecule has 5 rings (SSSR count). The Balaban J connectivity index is 1.79. The predicted molar refractivity (Wildman–Crippen MR) is 144 cm³/mol. The number of fused-ring (bicyclic) bond motifs is 3. The normalized spacial score (nSPS) is 29.7. The Hall–Kier alpha value is -3.07. The van der Waals surface area contributed by atoms with Gasteiger partial charge < -0.3 is 0 Å². The van der Waals surface area contributed by atoms with E-state index in [4.69, 9.17) is 0 Å². The summed E-state index contributed by atoms with van der Waals surface area (Å²) in [4.78, 5) is 40.9. The van der Waals surface area contributed by atoms with Crippen LogP contribution in [0.1, 0.15) is 81.4 Å². The van der Waals surface area contributed by atoms with Crippen molar-refractivity contribution in [2.45, 2.75) is 74.7 Å². The Morgan fingerprint density at radius 2 is 1.50 bits per heavy atom. The molecule has 0 bridgehead atoms. The Morgan fingerprint density at radius 1 is 0.833 bits per heavy atom. The van der Waals surface area contributed by atoms with E-state index in [0.29, 0.717) is 12.0 Å². The van der Waals surface area contributed by atoms with Crippen molar-refractivity contribution in [3.63, 3.8) is 0 Å². The first-order valence-corrected chi connectivity index (χ1v) is 13.0. The first-order chi connectivity index (χ1) is 16.8. The van der Waals surface area contributed by atoms with Crippen LogP contribution in [0, 0.1) is 30.1 Å². The average molecular weight is 481 g/mol. The second kappa shape index (κ2) is 7.71. The third kappa shape index (κ3) is 3.01. The molecule has 0 spiro atoms. The fraction of sp³-hybridized carbons (Fsp3) is 0.424. The van der Waals surface area contributed by atoms with Gasteiger partial charge in [0.25, 0.3) is 0 Å². The summed E-state index contributed by atoms with van der Waals surface area (Å²) in [5, 5.41) is 0. The summed E-state index contributed by atoms with van der Waals surface area (Å²) >= 11 is 0. The molecule has 0 saturated heterocycles. The van der Waals surface area contributed by atoms with Crippen LogP contribution in [-0.2, 0) is 16.0 Å². The number of hydrogen-bond donors (Lipinski definition) is 0. The molecule has 2 aromatic rings. The molecule has 0 N–H and O–H groups in total. The average Bonchev–Trinajstić information content (AvgIpc) is 2.76. The molecule has 0 amide bonds.